The molecule has 0 atom stereocenters. The van der Waals surface area contributed by atoms with Gasteiger partial charge in [0.15, 0.2) is 11.0 Å². The third-order valence-electron chi connectivity index (χ3n) is 3.47. The van der Waals surface area contributed by atoms with E-state index in [1.54, 1.807) is 30.4 Å². The highest BCUT2D eigenvalue weighted by atomic mass is 32.2. The Morgan fingerprint density at radius 1 is 1.12 bits per heavy atom. The lowest BCUT2D eigenvalue weighted by Crippen LogP contribution is -2.02. The molecule has 0 aliphatic rings. The number of aryl methyl sites for hydroxylation is 2. The van der Waals surface area contributed by atoms with Crippen LogP contribution >= 0.6 is 11.8 Å². The van der Waals surface area contributed by atoms with E-state index in [1.165, 1.54) is 16.7 Å². The van der Waals surface area contributed by atoms with E-state index in [4.69, 9.17) is 0 Å². The van der Waals surface area contributed by atoms with Crippen molar-refractivity contribution in [2.45, 2.75) is 31.3 Å². The summed E-state index contributed by atoms with van der Waals surface area (Å²) in [6.07, 6.45) is 6.84. The Labute approximate surface area is 145 Å². The van der Waals surface area contributed by atoms with Crippen LogP contribution in [-0.4, -0.2) is 24.7 Å². The molecule has 5 nitrogen and oxygen atoms in total. The zero-order chi connectivity index (χ0) is 16.9. The Balaban J connectivity index is 1.85. The average molecular weight is 337 g/mol. The number of aromatic nitrogens is 5. The summed E-state index contributed by atoms with van der Waals surface area (Å²) >= 11 is 1.67. The summed E-state index contributed by atoms with van der Waals surface area (Å²) in [4.78, 5) is 8.43. The van der Waals surface area contributed by atoms with Gasteiger partial charge in [-0.25, -0.2) is 4.98 Å². The molecule has 6 heteroatoms. The number of benzene rings is 1. The van der Waals surface area contributed by atoms with Gasteiger partial charge in [0, 0.05) is 24.7 Å². The fourth-order valence-electron chi connectivity index (χ4n) is 2.59. The summed E-state index contributed by atoms with van der Waals surface area (Å²) < 4.78 is 2.02. The molecule has 1 aromatic carbocycles. The largest absolute Gasteiger partial charge is 0.297 e. The molecule has 0 saturated heterocycles. The number of nitrogens with zero attached hydrogens (tertiary/aromatic N) is 5. The molecule has 3 rings (SSSR count). The molecule has 0 bridgehead atoms. The number of thioether (sulfide) groups is 1. The van der Waals surface area contributed by atoms with Crippen LogP contribution in [0.1, 0.15) is 16.7 Å². The molecule has 2 aromatic heterocycles. The monoisotopic (exact) mass is 337 g/mol. The minimum atomic E-state index is 0.633. The highest BCUT2D eigenvalue weighted by Gasteiger charge is 2.14. The van der Waals surface area contributed by atoms with Gasteiger partial charge in [-0.2, -0.15) is 0 Å². The summed E-state index contributed by atoms with van der Waals surface area (Å²) in [5.41, 5.74) is 4.55. The van der Waals surface area contributed by atoms with Crippen LogP contribution in [0.5, 0.6) is 0 Å². The molecular weight excluding hydrogens is 318 g/mol. The molecule has 0 aliphatic carbocycles. The summed E-state index contributed by atoms with van der Waals surface area (Å²) in [6, 6.07) is 6.59. The second kappa shape index (κ2) is 7.40. The van der Waals surface area contributed by atoms with E-state index in [0.717, 1.165) is 10.9 Å². The number of rotatable bonds is 6. The number of hydrogen-bond acceptors (Lipinski definition) is 5. The Hall–Kier alpha value is -2.47. The van der Waals surface area contributed by atoms with Gasteiger partial charge < -0.3 is 0 Å². The van der Waals surface area contributed by atoms with E-state index in [1.807, 2.05) is 10.6 Å². The van der Waals surface area contributed by atoms with Crippen molar-refractivity contribution in [2.75, 3.05) is 0 Å². The van der Waals surface area contributed by atoms with E-state index in [0.29, 0.717) is 18.1 Å². The standard InChI is InChI=1S/C18H19N5S/c1-4-7-23-17(16-11-19-5-6-20-16)21-22-18(23)24-12-15-9-13(2)8-14(3)10-15/h4-6,8-11H,1,7,12H2,2-3H3. The van der Waals surface area contributed by atoms with Crippen molar-refractivity contribution in [3.05, 3.63) is 66.1 Å². The van der Waals surface area contributed by atoms with Crippen molar-refractivity contribution in [2.24, 2.45) is 0 Å². The van der Waals surface area contributed by atoms with Crippen molar-refractivity contribution < 1.29 is 0 Å². The second-order valence-corrected chi connectivity index (χ2v) is 6.52. The van der Waals surface area contributed by atoms with Gasteiger partial charge in [-0.3, -0.25) is 9.55 Å². The van der Waals surface area contributed by atoms with Crippen molar-refractivity contribution in [3.63, 3.8) is 0 Å². The lowest BCUT2D eigenvalue weighted by Gasteiger charge is -2.08. The molecule has 24 heavy (non-hydrogen) atoms. The Morgan fingerprint density at radius 3 is 2.58 bits per heavy atom. The van der Waals surface area contributed by atoms with Crippen LogP contribution in [0.2, 0.25) is 0 Å². The lowest BCUT2D eigenvalue weighted by atomic mass is 10.1. The van der Waals surface area contributed by atoms with Gasteiger partial charge in [-0.15, -0.1) is 16.8 Å². The van der Waals surface area contributed by atoms with Gasteiger partial charge in [0.2, 0.25) is 0 Å². The van der Waals surface area contributed by atoms with Crippen LogP contribution in [-0.2, 0) is 12.3 Å². The minimum absolute atomic E-state index is 0.633. The molecule has 0 aliphatic heterocycles. The van der Waals surface area contributed by atoms with Crippen LogP contribution in [0.15, 0.2) is 54.6 Å². The van der Waals surface area contributed by atoms with E-state index in [9.17, 15) is 0 Å². The van der Waals surface area contributed by atoms with Gasteiger partial charge in [-0.05, 0) is 19.4 Å². The molecule has 3 aromatic rings. The molecule has 122 valence electrons. The fourth-order valence-corrected chi connectivity index (χ4v) is 3.47. The zero-order valence-corrected chi connectivity index (χ0v) is 14.6. The van der Waals surface area contributed by atoms with Crippen LogP contribution in [0, 0.1) is 13.8 Å². The first-order valence-corrected chi connectivity index (χ1v) is 8.66. The first-order valence-electron chi connectivity index (χ1n) is 7.68. The highest BCUT2D eigenvalue weighted by Crippen LogP contribution is 2.26. The normalized spacial score (nSPS) is 10.8. The van der Waals surface area contributed by atoms with Crippen molar-refractivity contribution in [3.8, 4) is 11.5 Å². The topological polar surface area (TPSA) is 56.5 Å². The molecule has 0 fully saturated rings. The lowest BCUT2D eigenvalue weighted by molar-refractivity contribution is 0.729. The van der Waals surface area contributed by atoms with E-state index >= 15 is 0 Å². The molecule has 0 unspecified atom stereocenters. The first kappa shape index (κ1) is 16.4. The smallest absolute Gasteiger partial charge is 0.192 e. The fraction of sp³-hybridized carbons (Fsp3) is 0.222. The summed E-state index contributed by atoms with van der Waals surface area (Å²) in [7, 11) is 0. The first-order chi connectivity index (χ1) is 11.7. The Bertz CT molecular complexity index is 822. The Morgan fingerprint density at radius 2 is 1.92 bits per heavy atom. The van der Waals surface area contributed by atoms with Gasteiger partial charge in [0.1, 0.15) is 5.69 Å². The zero-order valence-electron chi connectivity index (χ0n) is 13.8. The maximum absolute atomic E-state index is 4.33. The summed E-state index contributed by atoms with van der Waals surface area (Å²) in [5, 5.41) is 9.48. The maximum atomic E-state index is 4.33. The predicted molar refractivity (Wildman–Crippen MR) is 96.7 cm³/mol. The molecule has 0 spiro atoms. The predicted octanol–water partition coefficient (Wildman–Crippen LogP) is 3.83. The minimum Gasteiger partial charge on any atom is -0.297 e. The van der Waals surface area contributed by atoms with Gasteiger partial charge in [0.05, 0.1) is 6.20 Å². The molecule has 2 heterocycles. The number of hydrogen-bond donors (Lipinski definition) is 0. The van der Waals surface area contributed by atoms with Gasteiger partial charge >= 0.3 is 0 Å². The maximum Gasteiger partial charge on any atom is 0.192 e. The van der Waals surface area contributed by atoms with Gasteiger partial charge in [-0.1, -0.05) is 47.2 Å². The van der Waals surface area contributed by atoms with Gasteiger partial charge in [0.25, 0.3) is 0 Å². The second-order valence-electron chi connectivity index (χ2n) is 5.58. The third-order valence-corrected chi connectivity index (χ3v) is 4.51. The average Bonchev–Trinajstić information content (AvgIpc) is 2.96. The molecule has 0 N–H and O–H groups in total. The Kier molecular flexibility index (Phi) is 5.05. The van der Waals surface area contributed by atoms with Crippen molar-refractivity contribution in [1.29, 1.82) is 0 Å². The van der Waals surface area contributed by atoms with Crippen molar-refractivity contribution >= 4 is 11.8 Å². The number of allylic oxidation sites excluding steroid dienone is 1. The van der Waals surface area contributed by atoms with E-state index in [-0.39, 0.29) is 0 Å². The molecular formula is C18H19N5S. The third kappa shape index (κ3) is 3.71. The van der Waals surface area contributed by atoms with Crippen LogP contribution in [0.4, 0.5) is 0 Å². The molecule has 0 amide bonds. The molecule has 0 saturated carbocycles. The highest BCUT2D eigenvalue weighted by molar-refractivity contribution is 7.98. The van der Waals surface area contributed by atoms with Crippen LogP contribution in [0.3, 0.4) is 0 Å². The SMILES string of the molecule is C=CCn1c(SCc2cc(C)cc(C)c2)nnc1-c1cnccn1. The quantitative estimate of drug-likeness (QED) is 0.505. The van der Waals surface area contributed by atoms with Crippen LogP contribution < -0.4 is 0 Å². The summed E-state index contributed by atoms with van der Waals surface area (Å²) in [6.45, 7) is 8.70. The van der Waals surface area contributed by atoms with E-state index < -0.39 is 0 Å². The van der Waals surface area contributed by atoms with E-state index in [2.05, 4.69) is 58.8 Å². The van der Waals surface area contributed by atoms with Crippen molar-refractivity contribution in [1.82, 2.24) is 24.7 Å². The van der Waals surface area contributed by atoms with Crippen LogP contribution in [0.25, 0.3) is 11.5 Å². The summed E-state index contributed by atoms with van der Waals surface area (Å²) in [5.74, 6) is 1.56. The molecule has 0 radical (unpaired) electrons.